The minimum Gasteiger partial charge on any atom is -0.481 e. The topological polar surface area (TPSA) is 102 Å². The molecule has 28 heavy (non-hydrogen) atoms. The molecule has 1 amide bonds. The summed E-state index contributed by atoms with van der Waals surface area (Å²) in [7, 11) is 0. The van der Waals surface area contributed by atoms with Crippen LogP contribution in [0.15, 0.2) is 30.7 Å². The van der Waals surface area contributed by atoms with Crippen molar-refractivity contribution in [2.24, 2.45) is 5.41 Å². The Morgan fingerprint density at radius 3 is 2.79 bits per heavy atom. The Morgan fingerprint density at radius 2 is 2.14 bits per heavy atom. The number of imidazole rings is 1. The number of carbonyl (C=O) groups is 2. The largest absolute Gasteiger partial charge is 0.481 e. The standard InChI is InChI=1S/C20H19ClN4O3/c21-11-2-3-14-13(8-11)12-4-7-25(18(26)15-9-22-10-23-15)17(16(12)24-14)20(19(27)28)5-1-6-20/h2-3,8-10,17,24H,1,4-7H2,(H,22,23)(H,27,28)/t17-/m1/s1. The lowest BCUT2D eigenvalue weighted by molar-refractivity contribution is -0.161. The Bertz CT molecular complexity index is 1080. The molecule has 1 aromatic carbocycles. The zero-order valence-corrected chi connectivity index (χ0v) is 15.8. The quantitative estimate of drug-likeness (QED) is 0.627. The monoisotopic (exact) mass is 398 g/mol. The van der Waals surface area contributed by atoms with Crippen molar-refractivity contribution in [3.63, 3.8) is 0 Å². The fourth-order valence-corrected chi connectivity index (χ4v) is 4.92. The lowest BCUT2D eigenvalue weighted by atomic mass is 9.61. The van der Waals surface area contributed by atoms with E-state index in [0.717, 1.165) is 28.6 Å². The van der Waals surface area contributed by atoms with Crippen LogP contribution in [-0.2, 0) is 11.2 Å². The van der Waals surface area contributed by atoms with E-state index >= 15 is 0 Å². The maximum absolute atomic E-state index is 13.2. The number of hydrogen-bond acceptors (Lipinski definition) is 3. The molecule has 1 saturated carbocycles. The number of carbonyl (C=O) groups excluding carboxylic acids is 1. The highest BCUT2D eigenvalue weighted by Crippen LogP contribution is 2.55. The van der Waals surface area contributed by atoms with Crippen LogP contribution in [-0.4, -0.2) is 43.4 Å². The number of aromatic amines is 2. The van der Waals surface area contributed by atoms with Crippen LogP contribution in [0.5, 0.6) is 0 Å². The first-order valence-electron chi connectivity index (χ1n) is 9.34. The molecule has 1 fully saturated rings. The van der Waals surface area contributed by atoms with Crippen LogP contribution in [0.2, 0.25) is 5.02 Å². The summed E-state index contributed by atoms with van der Waals surface area (Å²) in [5.41, 5.74) is 2.18. The summed E-state index contributed by atoms with van der Waals surface area (Å²) in [5.74, 6) is -1.08. The minimum atomic E-state index is -0.977. The number of aliphatic carboxylic acids is 1. The zero-order chi connectivity index (χ0) is 19.5. The molecule has 0 saturated heterocycles. The Labute approximate surface area is 165 Å². The van der Waals surface area contributed by atoms with Crippen LogP contribution in [0.3, 0.4) is 0 Å². The fraction of sp³-hybridized carbons (Fsp3) is 0.350. The number of amides is 1. The van der Waals surface area contributed by atoms with Crippen molar-refractivity contribution in [3.8, 4) is 0 Å². The Kier molecular flexibility index (Phi) is 3.77. The van der Waals surface area contributed by atoms with Crippen LogP contribution in [0.1, 0.15) is 47.1 Å². The molecule has 8 heteroatoms. The predicted octanol–water partition coefficient (Wildman–Crippen LogP) is 3.54. The molecule has 7 nitrogen and oxygen atoms in total. The predicted molar refractivity (Wildman–Crippen MR) is 103 cm³/mol. The average molecular weight is 399 g/mol. The molecular formula is C20H19ClN4O3. The number of carboxylic acids is 1. The highest BCUT2D eigenvalue weighted by atomic mass is 35.5. The van der Waals surface area contributed by atoms with Gasteiger partial charge in [0.05, 0.1) is 24.0 Å². The molecule has 0 radical (unpaired) electrons. The zero-order valence-electron chi connectivity index (χ0n) is 15.0. The highest BCUT2D eigenvalue weighted by Gasteiger charge is 2.56. The molecule has 144 valence electrons. The molecule has 2 aliphatic rings. The van der Waals surface area contributed by atoms with Crippen LogP contribution in [0, 0.1) is 5.41 Å². The van der Waals surface area contributed by atoms with Gasteiger partial charge in [0.15, 0.2) is 0 Å². The molecule has 0 spiro atoms. The number of nitrogens with one attached hydrogen (secondary N) is 2. The molecule has 1 atom stereocenters. The van der Waals surface area contributed by atoms with E-state index in [2.05, 4.69) is 15.0 Å². The van der Waals surface area contributed by atoms with E-state index in [1.807, 2.05) is 18.2 Å². The van der Waals surface area contributed by atoms with E-state index in [-0.39, 0.29) is 5.91 Å². The number of rotatable bonds is 3. The van der Waals surface area contributed by atoms with Gasteiger partial charge in [0.2, 0.25) is 0 Å². The van der Waals surface area contributed by atoms with E-state index < -0.39 is 17.4 Å². The summed E-state index contributed by atoms with van der Waals surface area (Å²) in [6, 6.07) is 5.07. The lowest BCUT2D eigenvalue weighted by Gasteiger charge is -2.50. The molecule has 0 bridgehead atoms. The Morgan fingerprint density at radius 1 is 1.32 bits per heavy atom. The second-order valence-corrected chi connectivity index (χ2v) is 8.07. The molecule has 1 aliphatic heterocycles. The SMILES string of the molecule is O=C(c1cnc[nH]1)N1CCc2c([nH]c3ccc(Cl)cc23)[C@@H]1C1(C(=O)O)CCC1. The number of benzene rings is 1. The number of H-pyrrole nitrogens is 2. The van der Waals surface area contributed by atoms with E-state index in [4.69, 9.17) is 11.6 Å². The average Bonchev–Trinajstić information content (AvgIpc) is 3.28. The maximum atomic E-state index is 13.2. The summed E-state index contributed by atoms with van der Waals surface area (Å²) < 4.78 is 0. The van der Waals surface area contributed by atoms with E-state index in [1.165, 1.54) is 12.5 Å². The van der Waals surface area contributed by atoms with Gasteiger partial charge >= 0.3 is 5.97 Å². The van der Waals surface area contributed by atoms with Crippen molar-refractivity contribution in [2.45, 2.75) is 31.7 Å². The number of aromatic nitrogens is 3. The summed E-state index contributed by atoms with van der Waals surface area (Å²) in [5, 5.41) is 11.8. The van der Waals surface area contributed by atoms with Crippen molar-refractivity contribution >= 4 is 34.4 Å². The smallest absolute Gasteiger partial charge is 0.312 e. The van der Waals surface area contributed by atoms with Gasteiger partial charge < -0.3 is 20.0 Å². The fourth-order valence-electron chi connectivity index (χ4n) is 4.74. The van der Waals surface area contributed by atoms with Gasteiger partial charge in [0.1, 0.15) is 5.69 Å². The van der Waals surface area contributed by atoms with Gasteiger partial charge in [-0.15, -0.1) is 0 Å². The van der Waals surface area contributed by atoms with Crippen molar-refractivity contribution in [2.75, 3.05) is 6.54 Å². The number of fused-ring (bicyclic) bond motifs is 3. The van der Waals surface area contributed by atoms with Gasteiger partial charge in [-0.1, -0.05) is 18.0 Å². The van der Waals surface area contributed by atoms with Crippen molar-refractivity contribution in [3.05, 3.63) is 52.7 Å². The summed E-state index contributed by atoms with van der Waals surface area (Å²) in [6.07, 6.45) is 5.52. The summed E-state index contributed by atoms with van der Waals surface area (Å²) in [4.78, 5) is 37.4. The Hall–Kier alpha value is -2.80. The summed E-state index contributed by atoms with van der Waals surface area (Å²) in [6.45, 7) is 0.448. The molecule has 3 heterocycles. The number of nitrogens with zero attached hydrogens (tertiary/aromatic N) is 2. The molecule has 0 unspecified atom stereocenters. The van der Waals surface area contributed by atoms with Crippen LogP contribution >= 0.6 is 11.6 Å². The number of halogens is 1. The minimum absolute atomic E-state index is 0.225. The van der Waals surface area contributed by atoms with E-state index in [1.54, 1.807) is 4.90 Å². The van der Waals surface area contributed by atoms with Gasteiger partial charge in [-0.3, -0.25) is 9.59 Å². The molecular weight excluding hydrogens is 380 g/mol. The van der Waals surface area contributed by atoms with Gasteiger partial charge in [-0.05, 0) is 43.0 Å². The highest BCUT2D eigenvalue weighted by molar-refractivity contribution is 6.31. The maximum Gasteiger partial charge on any atom is 0.312 e. The second kappa shape index (κ2) is 6.10. The third kappa shape index (κ3) is 2.32. The third-order valence-corrected chi connectivity index (χ3v) is 6.51. The van der Waals surface area contributed by atoms with Gasteiger partial charge in [-0.25, -0.2) is 4.98 Å². The van der Waals surface area contributed by atoms with Crippen LogP contribution < -0.4 is 0 Å². The van der Waals surface area contributed by atoms with Crippen molar-refractivity contribution in [1.29, 1.82) is 0 Å². The number of carboxylic acid groups (broad SMARTS) is 1. The van der Waals surface area contributed by atoms with E-state index in [9.17, 15) is 14.7 Å². The van der Waals surface area contributed by atoms with Crippen molar-refractivity contribution < 1.29 is 14.7 Å². The number of hydrogen-bond donors (Lipinski definition) is 3. The molecule has 1 aliphatic carbocycles. The second-order valence-electron chi connectivity index (χ2n) is 7.64. The molecule has 3 N–H and O–H groups in total. The molecule has 2 aromatic heterocycles. The van der Waals surface area contributed by atoms with Gasteiger partial charge in [0.25, 0.3) is 5.91 Å². The van der Waals surface area contributed by atoms with Gasteiger partial charge in [-0.2, -0.15) is 0 Å². The first kappa shape index (κ1) is 17.3. The van der Waals surface area contributed by atoms with Crippen molar-refractivity contribution in [1.82, 2.24) is 19.9 Å². The Balaban J connectivity index is 1.70. The van der Waals surface area contributed by atoms with E-state index in [0.29, 0.717) is 36.5 Å². The van der Waals surface area contributed by atoms with Crippen LogP contribution in [0.4, 0.5) is 0 Å². The summed E-state index contributed by atoms with van der Waals surface area (Å²) >= 11 is 6.20. The lowest BCUT2D eigenvalue weighted by Crippen LogP contribution is -2.54. The molecule has 3 aromatic rings. The normalized spacial score (nSPS) is 20.6. The third-order valence-electron chi connectivity index (χ3n) is 6.27. The van der Waals surface area contributed by atoms with Crippen LogP contribution in [0.25, 0.3) is 10.9 Å². The first-order valence-corrected chi connectivity index (χ1v) is 9.72. The first-order chi connectivity index (χ1) is 13.5. The molecule has 5 rings (SSSR count). The van der Waals surface area contributed by atoms with Gasteiger partial charge in [0, 0.05) is 28.2 Å².